The van der Waals surface area contributed by atoms with Crippen molar-refractivity contribution >= 4 is 38.9 Å². The van der Waals surface area contributed by atoms with Gasteiger partial charge in [0.15, 0.2) is 11.5 Å². The van der Waals surface area contributed by atoms with Crippen molar-refractivity contribution in [1.82, 2.24) is 24.5 Å². The van der Waals surface area contributed by atoms with Crippen molar-refractivity contribution in [2.24, 2.45) is 17.3 Å². The number of benzene rings is 1. The summed E-state index contributed by atoms with van der Waals surface area (Å²) >= 11 is 1.48. The zero-order chi connectivity index (χ0) is 24.1. The van der Waals surface area contributed by atoms with Crippen LogP contribution in [0, 0.1) is 11.3 Å². The molecule has 0 unspecified atom stereocenters. The van der Waals surface area contributed by atoms with Crippen LogP contribution in [-0.4, -0.2) is 24.5 Å². The Balaban J connectivity index is 1.95. The van der Waals surface area contributed by atoms with Gasteiger partial charge in [0.1, 0.15) is 17.5 Å². The molecule has 0 aliphatic carbocycles. The first-order valence-corrected chi connectivity index (χ1v) is 11.4. The van der Waals surface area contributed by atoms with Gasteiger partial charge >= 0.3 is 0 Å². The second kappa shape index (κ2) is 7.78. The third-order valence-corrected chi connectivity index (χ3v) is 6.18. The van der Waals surface area contributed by atoms with Crippen LogP contribution >= 0.6 is 11.3 Å². The number of nitriles is 1. The molecule has 4 aromatic rings. The molecule has 0 aliphatic heterocycles. The lowest BCUT2D eigenvalue weighted by molar-refractivity contribution is 0.554. The van der Waals surface area contributed by atoms with Crippen LogP contribution in [0.25, 0.3) is 15.3 Å². The number of fused-ring (bicyclic) bond motifs is 1. The predicted molar refractivity (Wildman–Crippen MR) is 131 cm³/mol. The van der Waals surface area contributed by atoms with Gasteiger partial charge in [-0.2, -0.15) is 20.1 Å². The molecule has 0 radical (unpaired) electrons. The highest BCUT2D eigenvalue weighted by atomic mass is 32.1. The average molecular weight is 462 g/mol. The summed E-state index contributed by atoms with van der Waals surface area (Å²) in [5.74, 6) is 0.730. The topological polar surface area (TPSA) is 123 Å². The number of para-hydroxylation sites is 1. The molecule has 0 amide bonds. The lowest BCUT2D eigenvalue weighted by Crippen LogP contribution is -2.14. The Kier molecular flexibility index (Phi) is 5.33. The first-order valence-electron chi connectivity index (χ1n) is 10.6. The summed E-state index contributed by atoms with van der Waals surface area (Å²) in [6.07, 6.45) is 0. The number of hydrogen-bond donors (Lipinski definition) is 1. The smallest absolute Gasteiger partial charge is 0.213 e. The summed E-state index contributed by atoms with van der Waals surface area (Å²) < 4.78 is 4.22. The maximum absolute atomic E-state index is 10.0. The van der Waals surface area contributed by atoms with E-state index < -0.39 is 0 Å². The fourth-order valence-corrected chi connectivity index (χ4v) is 4.36. The summed E-state index contributed by atoms with van der Waals surface area (Å²) in [6.45, 7) is 12.1. The second-order valence-electron chi connectivity index (χ2n) is 9.94. The Morgan fingerprint density at radius 3 is 2.27 bits per heavy atom. The van der Waals surface area contributed by atoms with Gasteiger partial charge < -0.3 is 5.73 Å². The molecule has 0 saturated carbocycles. The number of rotatable bonds is 3. The lowest BCUT2D eigenvalue weighted by atomic mass is 9.90. The van der Waals surface area contributed by atoms with Crippen molar-refractivity contribution in [2.75, 3.05) is 5.73 Å². The number of nitrogens with two attached hydrogens (primary N) is 1. The zero-order valence-electron chi connectivity index (χ0n) is 19.9. The van der Waals surface area contributed by atoms with Crippen molar-refractivity contribution in [3.05, 3.63) is 41.2 Å². The minimum Gasteiger partial charge on any atom is -0.382 e. The van der Waals surface area contributed by atoms with E-state index in [4.69, 9.17) is 15.8 Å². The Bertz CT molecular complexity index is 1380. The van der Waals surface area contributed by atoms with Crippen LogP contribution < -0.4 is 5.73 Å². The van der Waals surface area contributed by atoms with E-state index in [1.165, 1.54) is 11.3 Å². The molecule has 3 aromatic heterocycles. The van der Waals surface area contributed by atoms with Crippen LogP contribution in [0.1, 0.15) is 58.5 Å². The van der Waals surface area contributed by atoms with E-state index in [1.54, 1.807) is 16.4 Å². The van der Waals surface area contributed by atoms with E-state index in [2.05, 4.69) is 21.4 Å². The van der Waals surface area contributed by atoms with Gasteiger partial charge in [0, 0.05) is 17.9 Å². The number of nitrogen functional groups attached to an aromatic ring is 1. The van der Waals surface area contributed by atoms with Crippen LogP contribution in [0.5, 0.6) is 0 Å². The molecule has 4 rings (SSSR count). The summed E-state index contributed by atoms with van der Waals surface area (Å²) in [5, 5.41) is 29.0. The first-order chi connectivity index (χ1) is 15.4. The SMILES string of the molecule is Cn1nc(C(C)(C)C)c(N=Nc2c(C#N)c(C(C)(C)C)nn2-c2nc3ccccc3s2)c1N. The summed E-state index contributed by atoms with van der Waals surface area (Å²) in [5.41, 5.74) is 8.67. The van der Waals surface area contributed by atoms with Crippen molar-refractivity contribution in [3.63, 3.8) is 0 Å². The molecule has 33 heavy (non-hydrogen) atoms. The van der Waals surface area contributed by atoms with Gasteiger partial charge in [-0.3, -0.25) is 4.68 Å². The zero-order valence-corrected chi connectivity index (χ0v) is 20.7. The Labute approximate surface area is 196 Å². The second-order valence-corrected chi connectivity index (χ2v) is 11.0. The number of azo groups is 1. The van der Waals surface area contributed by atoms with Crippen LogP contribution in [0.2, 0.25) is 0 Å². The predicted octanol–water partition coefficient (Wildman–Crippen LogP) is 5.68. The fourth-order valence-electron chi connectivity index (χ4n) is 3.44. The highest BCUT2D eigenvalue weighted by Crippen LogP contribution is 2.39. The Hall–Kier alpha value is -3.58. The number of hydrogen-bond acceptors (Lipinski definition) is 8. The van der Waals surface area contributed by atoms with Gasteiger partial charge in [-0.25, -0.2) is 4.98 Å². The van der Waals surface area contributed by atoms with E-state index in [-0.39, 0.29) is 10.8 Å². The molecule has 3 heterocycles. The first kappa shape index (κ1) is 22.6. The molecule has 0 fully saturated rings. The van der Waals surface area contributed by atoms with E-state index in [1.807, 2.05) is 65.8 Å². The highest BCUT2D eigenvalue weighted by molar-refractivity contribution is 7.20. The van der Waals surface area contributed by atoms with Crippen LogP contribution in [-0.2, 0) is 17.9 Å². The summed E-state index contributed by atoms with van der Waals surface area (Å²) in [4.78, 5) is 4.71. The van der Waals surface area contributed by atoms with Crippen molar-refractivity contribution in [2.45, 2.75) is 52.4 Å². The molecule has 9 nitrogen and oxygen atoms in total. The minimum atomic E-state index is -0.374. The van der Waals surface area contributed by atoms with Crippen molar-refractivity contribution in [1.29, 1.82) is 5.26 Å². The monoisotopic (exact) mass is 461 g/mol. The van der Waals surface area contributed by atoms with Crippen molar-refractivity contribution < 1.29 is 0 Å². The van der Waals surface area contributed by atoms with Crippen LogP contribution in [0.3, 0.4) is 0 Å². The van der Waals surface area contributed by atoms with Gasteiger partial charge in [0.2, 0.25) is 5.13 Å². The number of anilines is 1. The molecule has 10 heteroatoms. The maximum atomic E-state index is 10.0. The quantitative estimate of drug-likeness (QED) is 0.393. The average Bonchev–Trinajstić information content (AvgIpc) is 3.39. The number of aromatic nitrogens is 5. The molecule has 1 aromatic carbocycles. The number of thiazole rings is 1. The molecule has 2 N–H and O–H groups in total. The molecule has 0 saturated heterocycles. The highest BCUT2D eigenvalue weighted by Gasteiger charge is 2.30. The molecular formula is C23H27N9S. The van der Waals surface area contributed by atoms with E-state index in [0.717, 1.165) is 15.9 Å². The van der Waals surface area contributed by atoms with Gasteiger partial charge in [-0.15, -0.1) is 10.2 Å². The minimum absolute atomic E-state index is 0.286. The summed E-state index contributed by atoms with van der Waals surface area (Å²) in [7, 11) is 1.77. The van der Waals surface area contributed by atoms with Gasteiger partial charge in [-0.05, 0) is 12.1 Å². The van der Waals surface area contributed by atoms with E-state index >= 15 is 0 Å². The van der Waals surface area contributed by atoms with Crippen LogP contribution in [0.4, 0.5) is 17.3 Å². The number of aryl methyl sites for hydroxylation is 1. The van der Waals surface area contributed by atoms with Crippen molar-refractivity contribution in [3.8, 4) is 11.2 Å². The third kappa shape index (κ3) is 4.00. The standard InChI is InChI=1S/C23H27N9S/c1-22(2,3)17-13(12-24)20(28-27-16-18(23(4,5)6)29-31(7)19(16)25)32(30-17)21-26-14-10-8-9-11-15(14)33-21/h8-11H,25H2,1-7H3. The van der Waals surface area contributed by atoms with Crippen LogP contribution in [0.15, 0.2) is 34.5 Å². The van der Waals surface area contributed by atoms with E-state index in [0.29, 0.717) is 33.7 Å². The molecular weight excluding hydrogens is 434 g/mol. The number of nitrogens with zero attached hydrogens (tertiary/aromatic N) is 8. The maximum Gasteiger partial charge on any atom is 0.213 e. The van der Waals surface area contributed by atoms with Gasteiger partial charge in [0.05, 0.1) is 21.6 Å². The lowest BCUT2D eigenvalue weighted by Gasteiger charge is -2.15. The molecule has 0 bridgehead atoms. The molecule has 0 spiro atoms. The summed E-state index contributed by atoms with van der Waals surface area (Å²) in [6, 6.07) is 10.1. The third-order valence-electron chi connectivity index (χ3n) is 5.17. The fraction of sp³-hybridized carbons (Fsp3) is 0.391. The Morgan fingerprint density at radius 2 is 1.67 bits per heavy atom. The Morgan fingerprint density at radius 1 is 1.00 bits per heavy atom. The van der Waals surface area contributed by atoms with Gasteiger partial charge in [0.25, 0.3) is 0 Å². The normalized spacial score (nSPS) is 12.7. The molecule has 170 valence electrons. The molecule has 0 aliphatic rings. The van der Waals surface area contributed by atoms with E-state index in [9.17, 15) is 5.26 Å². The molecule has 0 atom stereocenters. The largest absolute Gasteiger partial charge is 0.382 e. The van der Waals surface area contributed by atoms with Gasteiger partial charge in [-0.1, -0.05) is 65.0 Å².